The minimum Gasteiger partial charge on any atom is -0.508 e. The van der Waals surface area contributed by atoms with E-state index >= 15 is 0 Å². The van der Waals surface area contributed by atoms with E-state index in [0.29, 0.717) is 51.1 Å². The van der Waals surface area contributed by atoms with Gasteiger partial charge in [0.2, 0.25) is 0 Å². The summed E-state index contributed by atoms with van der Waals surface area (Å²) in [6, 6.07) is 1.61. The third-order valence-electron chi connectivity index (χ3n) is 5.85. The number of hydrogen-bond donors (Lipinski definition) is 1. The van der Waals surface area contributed by atoms with Crippen molar-refractivity contribution in [2.45, 2.75) is 61.3 Å². The number of rotatable bonds is 7. The summed E-state index contributed by atoms with van der Waals surface area (Å²) in [5, 5.41) is 10.3. The number of aryl methyl sites for hydroxylation is 1. The number of carbonyl (C=O) groups excluding carboxylic acids is 2. The van der Waals surface area contributed by atoms with E-state index in [-0.39, 0.29) is 12.5 Å². The number of carbonyl (C=O) groups is 2. The number of aromatic hydroxyl groups is 1. The van der Waals surface area contributed by atoms with Gasteiger partial charge >= 0.3 is 11.9 Å². The van der Waals surface area contributed by atoms with Gasteiger partial charge in [0.1, 0.15) is 11.5 Å². The van der Waals surface area contributed by atoms with Crippen LogP contribution in [-0.4, -0.2) is 30.9 Å². The van der Waals surface area contributed by atoms with Gasteiger partial charge in [0, 0.05) is 7.11 Å². The highest BCUT2D eigenvalue weighted by atomic mass is 16.7. The van der Waals surface area contributed by atoms with Crippen LogP contribution in [0.15, 0.2) is 6.07 Å². The standard InChI is InChI=1S/C25H32O6/c1-9-10-19-18(7)21(13(2)11-20(19)26)25(28)31-23-16(5)14(3)22(15(4)17(23)6)24(27)30-12-29-8/h11,26H,9-10,12H2,1-8H3. The summed E-state index contributed by atoms with van der Waals surface area (Å²) in [5.41, 5.74) is 5.84. The van der Waals surface area contributed by atoms with Crippen LogP contribution >= 0.6 is 0 Å². The van der Waals surface area contributed by atoms with Crippen LogP contribution in [0, 0.1) is 41.5 Å². The van der Waals surface area contributed by atoms with Crippen molar-refractivity contribution in [1.82, 2.24) is 0 Å². The van der Waals surface area contributed by atoms with Crippen molar-refractivity contribution in [3.8, 4) is 11.5 Å². The Bertz CT molecular complexity index is 991. The molecule has 0 radical (unpaired) electrons. The highest BCUT2D eigenvalue weighted by Crippen LogP contribution is 2.35. The molecule has 0 aromatic heterocycles. The molecule has 0 fully saturated rings. The molecule has 6 heteroatoms. The number of phenols is 1. The van der Waals surface area contributed by atoms with Gasteiger partial charge in [0.15, 0.2) is 6.79 Å². The van der Waals surface area contributed by atoms with Crippen molar-refractivity contribution >= 4 is 11.9 Å². The Kier molecular flexibility index (Phi) is 7.85. The Morgan fingerprint density at radius 2 is 1.45 bits per heavy atom. The lowest BCUT2D eigenvalue weighted by molar-refractivity contribution is -0.0126. The zero-order valence-corrected chi connectivity index (χ0v) is 19.7. The van der Waals surface area contributed by atoms with Gasteiger partial charge in [0.05, 0.1) is 11.1 Å². The molecule has 0 saturated carbocycles. The van der Waals surface area contributed by atoms with Crippen LogP contribution in [0.2, 0.25) is 0 Å². The summed E-state index contributed by atoms with van der Waals surface area (Å²) in [5.74, 6) is -0.319. The fourth-order valence-electron chi connectivity index (χ4n) is 3.95. The van der Waals surface area contributed by atoms with Gasteiger partial charge in [-0.1, -0.05) is 13.3 Å². The summed E-state index contributed by atoms with van der Waals surface area (Å²) in [4.78, 5) is 25.7. The summed E-state index contributed by atoms with van der Waals surface area (Å²) < 4.78 is 15.8. The van der Waals surface area contributed by atoms with E-state index in [2.05, 4.69) is 0 Å². The second-order valence-electron chi connectivity index (χ2n) is 7.87. The maximum absolute atomic E-state index is 13.2. The first kappa shape index (κ1) is 24.4. The van der Waals surface area contributed by atoms with Crippen molar-refractivity contribution in [2.24, 2.45) is 0 Å². The fourth-order valence-corrected chi connectivity index (χ4v) is 3.95. The second-order valence-corrected chi connectivity index (χ2v) is 7.87. The molecule has 2 aromatic rings. The van der Waals surface area contributed by atoms with Crippen molar-refractivity contribution in [2.75, 3.05) is 13.9 Å². The van der Waals surface area contributed by atoms with E-state index in [4.69, 9.17) is 14.2 Å². The second kappa shape index (κ2) is 9.96. The van der Waals surface area contributed by atoms with Crippen LogP contribution in [-0.2, 0) is 15.9 Å². The molecule has 0 spiro atoms. The molecule has 0 unspecified atom stereocenters. The van der Waals surface area contributed by atoms with E-state index in [0.717, 1.165) is 17.5 Å². The van der Waals surface area contributed by atoms with Gasteiger partial charge in [-0.2, -0.15) is 0 Å². The Morgan fingerprint density at radius 1 is 0.871 bits per heavy atom. The van der Waals surface area contributed by atoms with E-state index in [1.807, 2.05) is 27.7 Å². The van der Waals surface area contributed by atoms with Gasteiger partial charge in [-0.3, -0.25) is 0 Å². The molecular weight excluding hydrogens is 396 g/mol. The van der Waals surface area contributed by atoms with Crippen LogP contribution in [0.25, 0.3) is 0 Å². The van der Waals surface area contributed by atoms with Crippen molar-refractivity contribution in [3.63, 3.8) is 0 Å². The first-order valence-corrected chi connectivity index (χ1v) is 10.4. The monoisotopic (exact) mass is 428 g/mol. The molecule has 2 rings (SSSR count). The van der Waals surface area contributed by atoms with Crippen LogP contribution in [0.1, 0.15) is 73.0 Å². The highest BCUT2D eigenvalue weighted by Gasteiger charge is 2.25. The molecule has 0 amide bonds. The fraction of sp³-hybridized carbons (Fsp3) is 0.440. The third kappa shape index (κ3) is 4.74. The number of benzene rings is 2. The lowest BCUT2D eigenvalue weighted by Gasteiger charge is -2.20. The van der Waals surface area contributed by atoms with E-state index in [1.165, 1.54) is 7.11 Å². The van der Waals surface area contributed by atoms with Crippen molar-refractivity contribution in [1.29, 1.82) is 0 Å². The highest BCUT2D eigenvalue weighted by molar-refractivity contribution is 5.97. The maximum Gasteiger partial charge on any atom is 0.344 e. The number of esters is 2. The Labute approximate surface area is 184 Å². The molecule has 0 aliphatic carbocycles. The lowest BCUT2D eigenvalue weighted by atomic mass is 9.92. The lowest BCUT2D eigenvalue weighted by Crippen LogP contribution is -2.18. The van der Waals surface area contributed by atoms with Gasteiger partial charge in [-0.15, -0.1) is 0 Å². The quantitative estimate of drug-likeness (QED) is 0.372. The molecule has 0 aliphatic heterocycles. The van der Waals surface area contributed by atoms with Gasteiger partial charge in [-0.25, -0.2) is 9.59 Å². The van der Waals surface area contributed by atoms with Crippen LogP contribution < -0.4 is 4.74 Å². The summed E-state index contributed by atoms with van der Waals surface area (Å²) >= 11 is 0. The average molecular weight is 429 g/mol. The van der Waals surface area contributed by atoms with E-state index < -0.39 is 11.9 Å². The summed E-state index contributed by atoms with van der Waals surface area (Å²) in [6.07, 6.45) is 1.52. The number of hydrogen-bond acceptors (Lipinski definition) is 6. The number of methoxy groups -OCH3 is 1. The normalized spacial score (nSPS) is 10.8. The maximum atomic E-state index is 13.2. The first-order valence-electron chi connectivity index (χ1n) is 10.4. The minimum absolute atomic E-state index is 0.133. The minimum atomic E-state index is -0.480. The van der Waals surface area contributed by atoms with Gasteiger partial charge < -0.3 is 19.3 Å². The number of ether oxygens (including phenoxy) is 3. The zero-order valence-electron chi connectivity index (χ0n) is 19.7. The summed E-state index contributed by atoms with van der Waals surface area (Å²) in [7, 11) is 1.45. The van der Waals surface area contributed by atoms with E-state index in [1.54, 1.807) is 26.8 Å². The molecule has 0 aliphatic rings. The first-order chi connectivity index (χ1) is 14.6. The molecule has 0 heterocycles. The topological polar surface area (TPSA) is 82.1 Å². The van der Waals surface area contributed by atoms with Crippen molar-refractivity contribution < 1.29 is 28.9 Å². The molecule has 168 valence electrons. The molecule has 0 atom stereocenters. The van der Waals surface area contributed by atoms with Crippen LogP contribution in [0.5, 0.6) is 11.5 Å². The molecule has 2 aromatic carbocycles. The number of phenolic OH excluding ortho intramolecular Hbond substituents is 1. The van der Waals surface area contributed by atoms with Crippen LogP contribution in [0.3, 0.4) is 0 Å². The molecular formula is C25H32O6. The zero-order chi connectivity index (χ0) is 23.5. The van der Waals surface area contributed by atoms with E-state index in [9.17, 15) is 14.7 Å². The third-order valence-corrected chi connectivity index (χ3v) is 5.85. The largest absolute Gasteiger partial charge is 0.508 e. The Hall–Kier alpha value is -2.86. The average Bonchev–Trinajstić information content (AvgIpc) is 2.71. The smallest absolute Gasteiger partial charge is 0.344 e. The molecule has 31 heavy (non-hydrogen) atoms. The molecule has 0 bridgehead atoms. The Balaban J connectivity index is 2.52. The Morgan fingerprint density at radius 3 is 1.97 bits per heavy atom. The van der Waals surface area contributed by atoms with Crippen molar-refractivity contribution in [3.05, 3.63) is 56.1 Å². The predicted octanol–water partition coefficient (Wildman–Crippen LogP) is 5.18. The predicted molar refractivity (Wildman–Crippen MR) is 119 cm³/mol. The SMILES string of the molecule is CCCc1c(O)cc(C)c(C(=O)Oc2c(C)c(C)c(C(=O)OCOC)c(C)c2C)c1C. The molecule has 0 saturated heterocycles. The van der Waals surface area contributed by atoms with Gasteiger partial charge in [-0.05, 0) is 93.0 Å². The molecule has 1 N–H and O–H groups in total. The van der Waals surface area contributed by atoms with Gasteiger partial charge in [0.25, 0.3) is 0 Å². The summed E-state index contributed by atoms with van der Waals surface area (Å²) in [6.45, 7) is 12.7. The molecule has 6 nitrogen and oxygen atoms in total. The van der Waals surface area contributed by atoms with Crippen LogP contribution in [0.4, 0.5) is 0 Å².